The Morgan fingerprint density at radius 2 is 2.00 bits per heavy atom. The van der Waals surface area contributed by atoms with Crippen molar-refractivity contribution in [2.75, 3.05) is 6.54 Å². The number of benzene rings is 1. The molecule has 0 radical (unpaired) electrons. The maximum Gasteiger partial charge on any atom is 0.221 e. The van der Waals surface area contributed by atoms with Crippen LogP contribution in [0.3, 0.4) is 0 Å². The van der Waals surface area contributed by atoms with E-state index in [1.54, 1.807) is 19.1 Å². The molecule has 0 fully saturated rings. The molecule has 4 nitrogen and oxygen atoms in total. The van der Waals surface area contributed by atoms with Crippen LogP contribution in [0, 0.1) is 5.82 Å². The van der Waals surface area contributed by atoms with E-state index in [4.69, 9.17) is 18.0 Å². The Kier molecular flexibility index (Phi) is 5.84. The largest absolute Gasteiger partial charge is 0.392 e. The Morgan fingerprint density at radius 1 is 1.42 bits per heavy atom. The molecule has 0 amide bonds. The number of hydrogen-bond donors (Lipinski definition) is 2. The second kappa shape index (κ2) is 6.93. The highest BCUT2D eigenvalue weighted by Crippen LogP contribution is 2.06. The molecule has 1 unspecified atom stereocenters. The molecule has 1 aromatic carbocycles. The maximum atomic E-state index is 12.7. The van der Waals surface area contributed by atoms with Crippen molar-refractivity contribution in [3.8, 4) is 0 Å². The minimum atomic E-state index is -3.54. The summed E-state index contributed by atoms with van der Waals surface area (Å²) in [6.45, 7) is 1.94. The van der Waals surface area contributed by atoms with Crippen molar-refractivity contribution in [2.45, 2.75) is 25.0 Å². The summed E-state index contributed by atoms with van der Waals surface area (Å²) in [6.07, 6.45) is 0.814. The van der Waals surface area contributed by atoms with Gasteiger partial charge in [0.05, 0.1) is 4.99 Å². The molecular formula is C12H17FN2O2S2. The molecule has 0 aliphatic heterocycles. The third kappa shape index (κ3) is 4.85. The van der Waals surface area contributed by atoms with Gasteiger partial charge in [-0.15, -0.1) is 0 Å². The van der Waals surface area contributed by atoms with Crippen LogP contribution >= 0.6 is 12.2 Å². The van der Waals surface area contributed by atoms with Gasteiger partial charge in [0, 0.05) is 6.54 Å². The highest BCUT2D eigenvalue weighted by molar-refractivity contribution is 7.93. The predicted octanol–water partition coefficient (Wildman–Crippen LogP) is 1.35. The van der Waals surface area contributed by atoms with Gasteiger partial charge in [-0.1, -0.05) is 31.3 Å². The third-order valence-electron chi connectivity index (χ3n) is 2.69. The van der Waals surface area contributed by atoms with E-state index in [-0.39, 0.29) is 17.4 Å². The minimum Gasteiger partial charge on any atom is -0.392 e. The highest BCUT2D eigenvalue weighted by Gasteiger charge is 2.25. The molecule has 1 atom stereocenters. The Labute approximate surface area is 118 Å². The number of nitrogens with one attached hydrogen (secondary N) is 1. The van der Waals surface area contributed by atoms with Gasteiger partial charge in [0.2, 0.25) is 10.0 Å². The molecule has 106 valence electrons. The number of sulfonamides is 1. The van der Waals surface area contributed by atoms with Gasteiger partial charge in [0.25, 0.3) is 0 Å². The molecule has 0 saturated carbocycles. The summed E-state index contributed by atoms with van der Waals surface area (Å²) in [4.78, 5) is -0.0308. The number of nitrogens with two attached hydrogens (primary N) is 1. The molecule has 0 aromatic heterocycles. The Hall–Kier alpha value is -1.05. The van der Waals surface area contributed by atoms with Crippen LogP contribution in [0.25, 0.3) is 0 Å². The van der Waals surface area contributed by atoms with Crippen LogP contribution in [0.4, 0.5) is 4.39 Å². The van der Waals surface area contributed by atoms with Crippen molar-refractivity contribution in [3.05, 3.63) is 35.6 Å². The summed E-state index contributed by atoms with van der Waals surface area (Å²) in [5, 5.41) is -0.851. The monoisotopic (exact) mass is 304 g/mol. The molecule has 0 bridgehead atoms. The number of rotatable bonds is 7. The first-order valence-electron chi connectivity index (χ1n) is 5.89. The fraction of sp³-hybridized carbons (Fsp3) is 0.417. The molecule has 0 heterocycles. The van der Waals surface area contributed by atoms with Gasteiger partial charge in [-0.05, 0) is 30.5 Å². The quantitative estimate of drug-likeness (QED) is 0.746. The van der Waals surface area contributed by atoms with E-state index in [9.17, 15) is 12.8 Å². The van der Waals surface area contributed by atoms with Crippen LogP contribution in [0.15, 0.2) is 24.3 Å². The van der Waals surface area contributed by atoms with Gasteiger partial charge >= 0.3 is 0 Å². The first-order chi connectivity index (χ1) is 8.86. The van der Waals surface area contributed by atoms with Crippen LogP contribution in [0.1, 0.15) is 18.9 Å². The van der Waals surface area contributed by atoms with Crippen molar-refractivity contribution in [2.24, 2.45) is 5.73 Å². The minimum absolute atomic E-state index is 0.0308. The van der Waals surface area contributed by atoms with Crippen LogP contribution < -0.4 is 10.5 Å². The summed E-state index contributed by atoms with van der Waals surface area (Å²) in [5.74, 6) is -0.316. The zero-order valence-electron chi connectivity index (χ0n) is 10.6. The van der Waals surface area contributed by atoms with Crippen LogP contribution in [0.2, 0.25) is 0 Å². The lowest BCUT2D eigenvalue weighted by Gasteiger charge is -2.15. The molecule has 0 aliphatic carbocycles. The van der Waals surface area contributed by atoms with Crippen LogP contribution in [-0.4, -0.2) is 25.2 Å². The van der Waals surface area contributed by atoms with Gasteiger partial charge in [-0.3, -0.25) is 0 Å². The van der Waals surface area contributed by atoms with Gasteiger partial charge in [0.1, 0.15) is 11.1 Å². The lowest BCUT2D eigenvalue weighted by Crippen LogP contribution is -2.42. The van der Waals surface area contributed by atoms with Gasteiger partial charge in [-0.25, -0.2) is 17.5 Å². The lowest BCUT2D eigenvalue weighted by molar-refractivity contribution is 0.574. The maximum absolute atomic E-state index is 12.7. The number of halogens is 1. The fourth-order valence-electron chi connectivity index (χ4n) is 1.66. The molecule has 7 heteroatoms. The zero-order chi connectivity index (χ0) is 14.5. The Morgan fingerprint density at radius 3 is 2.47 bits per heavy atom. The Balaban J connectivity index is 2.56. The molecule has 0 saturated heterocycles. The van der Waals surface area contributed by atoms with Crippen LogP contribution in [-0.2, 0) is 16.4 Å². The van der Waals surface area contributed by atoms with E-state index >= 15 is 0 Å². The summed E-state index contributed by atoms with van der Waals surface area (Å²) < 4.78 is 39.0. The number of hydrogen-bond acceptors (Lipinski definition) is 3. The second-order valence-electron chi connectivity index (χ2n) is 4.12. The van der Waals surface area contributed by atoms with E-state index in [0.29, 0.717) is 12.8 Å². The van der Waals surface area contributed by atoms with Crippen molar-refractivity contribution >= 4 is 27.2 Å². The molecular weight excluding hydrogens is 287 g/mol. The highest BCUT2D eigenvalue weighted by atomic mass is 32.2. The van der Waals surface area contributed by atoms with Crippen LogP contribution in [0.5, 0.6) is 0 Å². The van der Waals surface area contributed by atoms with Crippen molar-refractivity contribution in [1.82, 2.24) is 4.72 Å². The summed E-state index contributed by atoms with van der Waals surface area (Å²) >= 11 is 4.74. The van der Waals surface area contributed by atoms with E-state index in [1.165, 1.54) is 12.1 Å². The standard InChI is InChI=1S/C12H17FN2O2S2/c1-2-11(12(14)18)19(16,17)15-8-7-9-3-5-10(13)6-4-9/h3-6,11,15H,2,7-8H2,1H3,(H2,14,18). The fourth-order valence-corrected chi connectivity index (χ4v) is 3.54. The first kappa shape index (κ1) is 16.0. The van der Waals surface area contributed by atoms with E-state index < -0.39 is 15.3 Å². The van der Waals surface area contributed by atoms with Crippen molar-refractivity contribution < 1.29 is 12.8 Å². The van der Waals surface area contributed by atoms with Crippen molar-refractivity contribution in [1.29, 1.82) is 0 Å². The lowest BCUT2D eigenvalue weighted by atomic mass is 10.1. The summed E-state index contributed by atoms with van der Waals surface area (Å²) in [6, 6.07) is 5.92. The zero-order valence-corrected chi connectivity index (χ0v) is 12.2. The van der Waals surface area contributed by atoms with Gasteiger partial charge in [-0.2, -0.15) is 0 Å². The summed E-state index contributed by atoms with van der Waals surface area (Å²) in [7, 11) is -3.54. The summed E-state index contributed by atoms with van der Waals surface area (Å²) in [5.41, 5.74) is 6.26. The normalized spacial score (nSPS) is 13.2. The molecule has 3 N–H and O–H groups in total. The second-order valence-corrected chi connectivity index (χ2v) is 6.53. The van der Waals surface area contributed by atoms with E-state index in [0.717, 1.165) is 5.56 Å². The third-order valence-corrected chi connectivity index (χ3v) is 5.07. The average molecular weight is 304 g/mol. The smallest absolute Gasteiger partial charge is 0.221 e. The number of thiocarbonyl (C=S) groups is 1. The topological polar surface area (TPSA) is 72.2 Å². The molecule has 19 heavy (non-hydrogen) atoms. The first-order valence-corrected chi connectivity index (χ1v) is 7.84. The molecule has 0 aliphatic rings. The average Bonchev–Trinajstić information content (AvgIpc) is 2.31. The molecule has 1 rings (SSSR count). The van der Waals surface area contributed by atoms with Gasteiger partial charge in [0.15, 0.2) is 0 Å². The van der Waals surface area contributed by atoms with E-state index in [2.05, 4.69) is 4.72 Å². The van der Waals surface area contributed by atoms with Crippen molar-refractivity contribution in [3.63, 3.8) is 0 Å². The predicted molar refractivity (Wildman–Crippen MR) is 77.9 cm³/mol. The molecule has 1 aromatic rings. The van der Waals surface area contributed by atoms with Gasteiger partial charge < -0.3 is 5.73 Å². The SMILES string of the molecule is CCC(C(N)=S)S(=O)(=O)NCCc1ccc(F)cc1. The van der Waals surface area contributed by atoms with E-state index in [1.807, 2.05) is 0 Å². The Bertz CT molecular complexity index is 529. The molecule has 0 spiro atoms.